The lowest BCUT2D eigenvalue weighted by atomic mass is 10.1. The third kappa shape index (κ3) is 4.84. The van der Waals surface area contributed by atoms with E-state index in [1.807, 2.05) is 24.3 Å². The summed E-state index contributed by atoms with van der Waals surface area (Å²) in [5.74, 6) is 1.02. The molecule has 0 saturated carbocycles. The second-order valence-corrected chi connectivity index (χ2v) is 6.05. The van der Waals surface area contributed by atoms with Gasteiger partial charge in [-0.1, -0.05) is 12.1 Å². The summed E-state index contributed by atoms with van der Waals surface area (Å²) in [4.78, 5) is 27.5. The van der Waals surface area contributed by atoms with Crippen molar-refractivity contribution in [2.75, 3.05) is 20.2 Å². The summed E-state index contributed by atoms with van der Waals surface area (Å²) in [6.45, 7) is 2.18. The normalized spacial score (nSPS) is 10.6. The Kier molecular flexibility index (Phi) is 5.71. The van der Waals surface area contributed by atoms with Crippen LogP contribution in [-0.4, -0.2) is 37.0 Å². The van der Waals surface area contributed by atoms with Crippen LogP contribution in [0, 0.1) is 0 Å². The molecule has 0 unspecified atom stereocenters. The van der Waals surface area contributed by atoms with Crippen molar-refractivity contribution in [3.63, 3.8) is 0 Å². The lowest BCUT2D eigenvalue weighted by molar-refractivity contribution is -0.118. The minimum absolute atomic E-state index is 0.128. The van der Waals surface area contributed by atoms with Gasteiger partial charge in [-0.3, -0.25) is 9.59 Å². The molecule has 1 heterocycles. The number of hydrogen-bond donors (Lipinski definition) is 2. The maximum atomic E-state index is 12.2. The molecule has 0 aliphatic carbocycles. The lowest BCUT2D eigenvalue weighted by Crippen LogP contribution is -2.33. The Morgan fingerprint density at radius 2 is 1.81 bits per heavy atom. The van der Waals surface area contributed by atoms with Crippen molar-refractivity contribution in [1.29, 1.82) is 0 Å². The van der Waals surface area contributed by atoms with E-state index >= 15 is 0 Å². The molecule has 0 fully saturated rings. The highest BCUT2D eigenvalue weighted by molar-refractivity contribution is 5.97. The van der Waals surface area contributed by atoms with Gasteiger partial charge < -0.3 is 19.8 Å². The Hall–Kier alpha value is -3.35. The molecular formula is C20H21N3O4. The van der Waals surface area contributed by atoms with E-state index in [9.17, 15) is 9.59 Å². The minimum Gasteiger partial charge on any atom is -0.497 e. The van der Waals surface area contributed by atoms with Crippen molar-refractivity contribution in [3.05, 3.63) is 59.5 Å². The number of fused-ring (bicyclic) bond motifs is 1. The minimum atomic E-state index is -0.227. The highest BCUT2D eigenvalue weighted by Gasteiger charge is 2.11. The summed E-state index contributed by atoms with van der Waals surface area (Å²) >= 11 is 0. The molecular weight excluding hydrogens is 346 g/mol. The van der Waals surface area contributed by atoms with E-state index in [1.165, 1.54) is 6.92 Å². The fourth-order valence-electron chi connectivity index (χ4n) is 2.62. The van der Waals surface area contributed by atoms with Crippen LogP contribution in [0.25, 0.3) is 11.1 Å². The Balaban J connectivity index is 1.66. The van der Waals surface area contributed by atoms with E-state index in [0.717, 1.165) is 11.3 Å². The number of nitrogens with zero attached hydrogens (tertiary/aromatic N) is 1. The quantitative estimate of drug-likeness (QED) is 0.625. The lowest BCUT2D eigenvalue weighted by Gasteiger charge is -2.05. The second-order valence-electron chi connectivity index (χ2n) is 6.05. The molecule has 27 heavy (non-hydrogen) atoms. The predicted molar refractivity (Wildman–Crippen MR) is 101 cm³/mol. The van der Waals surface area contributed by atoms with Gasteiger partial charge >= 0.3 is 0 Å². The molecule has 3 aromatic rings. The number of ether oxygens (including phenoxy) is 1. The van der Waals surface area contributed by atoms with Crippen molar-refractivity contribution >= 4 is 22.9 Å². The number of carbonyl (C=O) groups excluding carboxylic acids is 2. The third-order valence-electron chi connectivity index (χ3n) is 3.99. The molecule has 2 N–H and O–H groups in total. The first-order chi connectivity index (χ1) is 13.0. The molecule has 7 heteroatoms. The first kappa shape index (κ1) is 18.4. The van der Waals surface area contributed by atoms with Crippen LogP contribution in [0.3, 0.4) is 0 Å². The number of rotatable bonds is 7. The van der Waals surface area contributed by atoms with Crippen LogP contribution in [-0.2, 0) is 11.2 Å². The molecule has 0 spiro atoms. The average Bonchev–Trinajstić information content (AvgIpc) is 3.06. The van der Waals surface area contributed by atoms with E-state index < -0.39 is 0 Å². The second kappa shape index (κ2) is 8.35. The van der Waals surface area contributed by atoms with Crippen LogP contribution >= 0.6 is 0 Å². The number of oxazole rings is 1. The van der Waals surface area contributed by atoms with Gasteiger partial charge in [0.05, 0.1) is 7.11 Å². The zero-order valence-corrected chi connectivity index (χ0v) is 15.2. The average molecular weight is 367 g/mol. The first-order valence-corrected chi connectivity index (χ1v) is 8.60. The summed E-state index contributed by atoms with van der Waals surface area (Å²) in [5.41, 5.74) is 2.80. The Bertz CT molecular complexity index is 948. The first-order valence-electron chi connectivity index (χ1n) is 8.60. The molecule has 0 aliphatic heterocycles. The summed E-state index contributed by atoms with van der Waals surface area (Å²) in [7, 11) is 1.63. The summed E-state index contributed by atoms with van der Waals surface area (Å²) in [6, 6.07) is 12.8. The van der Waals surface area contributed by atoms with Gasteiger partial charge in [0.25, 0.3) is 5.91 Å². The number of aromatic nitrogens is 1. The van der Waals surface area contributed by atoms with Gasteiger partial charge in [0.2, 0.25) is 5.91 Å². The van der Waals surface area contributed by atoms with E-state index in [0.29, 0.717) is 42.1 Å². The molecule has 2 aromatic carbocycles. The van der Waals surface area contributed by atoms with Gasteiger partial charge in [-0.25, -0.2) is 4.98 Å². The van der Waals surface area contributed by atoms with Crippen molar-refractivity contribution in [3.8, 4) is 5.75 Å². The van der Waals surface area contributed by atoms with E-state index in [2.05, 4.69) is 15.6 Å². The Labute approximate surface area is 156 Å². The van der Waals surface area contributed by atoms with Gasteiger partial charge in [-0.15, -0.1) is 0 Å². The summed E-state index contributed by atoms with van der Waals surface area (Å²) in [5, 5.41) is 5.37. The Morgan fingerprint density at radius 3 is 2.52 bits per heavy atom. The van der Waals surface area contributed by atoms with E-state index in [4.69, 9.17) is 9.15 Å². The smallest absolute Gasteiger partial charge is 0.251 e. The van der Waals surface area contributed by atoms with Crippen molar-refractivity contribution < 1.29 is 18.7 Å². The SMILES string of the molecule is COc1ccc(Cc2nc3ccc(C(=O)NCCNC(C)=O)cc3o2)cc1. The maximum Gasteiger partial charge on any atom is 0.251 e. The fourth-order valence-corrected chi connectivity index (χ4v) is 2.62. The van der Waals surface area contributed by atoms with Crippen molar-refractivity contribution in [1.82, 2.24) is 15.6 Å². The van der Waals surface area contributed by atoms with Crippen LogP contribution in [0.4, 0.5) is 0 Å². The zero-order valence-electron chi connectivity index (χ0n) is 15.2. The maximum absolute atomic E-state index is 12.2. The van der Waals surface area contributed by atoms with Crippen molar-refractivity contribution in [2.45, 2.75) is 13.3 Å². The number of amides is 2. The largest absolute Gasteiger partial charge is 0.497 e. The number of methoxy groups -OCH3 is 1. The monoisotopic (exact) mass is 367 g/mol. The van der Waals surface area contributed by atoms with Crippen LogP contribution < -0.4 is 15.4 Å². The summed E-state index contributed by atoms with van der Waals surface area (Å²) < 4.78 is 10.9. The highest BCUT2D eigenvalue weighted by Crippen LogP contribution is 2.20. The van der Waals surface area contributed by atoms with E-state index in [1.54, 1.807) is 25.3 Å². The topological polar surface area (TPSA) is 93.5 Å². The zero-order chi connectivity index (χ0) is 19.2. The van der Waals surface area contributed by atoms with Crippen LogP contribution in [0.15, 0.2) is 46.9 Å². The van der Waals surface area contributed by atoms with Gasteiger partial charge in [-0.05, 0) is 35.9 Å². The molecule has 2 amide bonds. The number of hydrogen-bond acceptors (Lipinski definition) is 5. The van der Waals surface area contributed by atoms with Gasteiger partial charge in [0.15, 0.2) is 11.5 Å². The van der Waals surface area contributed by atoms with Gasteiger partial charge in [0, 0.05) is 32.0 Å². The molecule has 7 nitrogen and oxygen atoms in total. The predicted octanol–water partition coefficient (Wildman–Crippen LogP) is 2.29. The molecule has 0 radical (unpaired) electrons. The number of benzene rings is 2. The molecule has 0 aliphatic rings. The fraction of sp³-hybridized carbons (Fsp3) is 0.250. The summed E-state index contributed by atoms with van der Waals surface area (Å²) in [6.07, 6.45) is 0.552. The van der Waals surface area contributed by atoms with Crippen LogP contribution in [0.2, 0.25) is 0 Å². The number of nitrogens with one attached hydrogen (secondary N) is 2. The number of carbonyl (C=O) groups is 2. The third-order valence-corrected chi connectivity index (χ3v) is 3.99. The van der Waals surface area contributed by atoms with Crippen LogP contribution in [0.5, 0.6) is 5.75 Å². The molecule has 3 rings (SSSR count). The van der Waals surface area contributed by atoms with Gasteiger partial charge in [0.1, 0.15) is 11.3 Å². The Morgan fingerprint density at radius 1 is 1.07 bits per heavy atom. The molecule has 0 atom stereocenters. The van der Waals surface area contributed by atoms with Crippen LogP contribution in [0.1, 0.15) is 28.7 Å². The van der Waals surface area contributed by atoms with E-state index in [-0.39, 0.29) is 11.8 Å². The molecule has 1 aromatic heterocycles. The molecule has 0 bridgehead atoms. The molecule has 0 saturated heterocycles. The van der Waals surface area contributed by atoms with Gasteiger partial charge in [-0.2, -0.15) is 0 Å². The molecule has 140 valence electrons. The standard InChI is InChI=1S/C20H21N3O4/c1-13(24)21-9-10-22-20(25)15-5-8-17-18(12-15)27-19(23-17)11-14-3-6-16(26-2)7-4-14/h3-8,12H,9-11H2,1-2H3,(H,21,24)(H,22,25). The van der Waals surface area contributed by atoms with Crippen molar-refractivity contribution in [2.24, 2.45) is 0 Å². The highest BCUT2D eigenvalue weighted by atomic mass is 16.5.